The molecule has 6 nitrogen and oxygen atoms in total. The van der Waals surface area contributed by atoms with Crippen LogP contribution in [0.3, 0.4) is 0 Å². The first kappa shape index (κ1) is 18.3. The van der Waals surface area contributed by atoms with Crippen molar-refractivity contribution in [3.63, 3.8) is 0 Å². The number of urea groups is 1. The molecule has 0 aliphatic carbocycles. The summed E-state index contributed by atoms with van der Waals surface area (Å²) in [7, 11) is -3.28. The Kier molecular flexibility index (Phi) is 5.46. The molecule has 0 saturated carbocycles. The van der Waals surface area contributed by atoms with Crippen molar-refractivity contribution in [2.75, 3.05) is 21.9 Å². The van der Waals surface area contributed by atoms with E-state index in [0.717, 1.165) is 24.0 Å². The third kappa shape index (κ3) is 4.16. The molecule has 3 rings (SSSR count). The number of aryl methyl sites for hydroxylation is 1. The van der Waals surface area contributed by atoms with Crippen LogP contribution in [-0.2, 0) is 23.0 Å². The number of amides is 2. The van der Waals surface area contributed by atoms with Crippen molar-refractivity contribution in [3.05, 3.63) is 59.7 Å². The SMILES string of the molecule is CCS(=O)(=O)N1CCCc2cc(NC(=O)NCc3ccccc3)ccc21. The summed E-state index contributed by atoms with van der Waals surface area (Å²) in [4.78, 5) is 12.1. The fourth-order valence-electron chi connectivity index (χ4n) is 3.04. The minimum atomic E-state index is -3.28. The highest BCUT2D eigenvalue weighted by atomic mass is 32.2. The van der Waals surface area contributed by atoms with Crippen LogP contribution in [0.5, 0.6) is 0 Å². The van der Waals surface area contributed by atoms with Crippen molar-refractivity contribution in [3.8, 4) is 0 Å². The van der Waals surface area contributed by atoms with E-state index in [0.29, 0.717) is 24.5 Å². The molecule has 2 amide bonds. The lowest BCUT2D eigenvalue weighted by atomic mass is 10.0. The third-order valence-corrected chi connectivity index (χ3v) is 6.19. The Morgan fingerprint density at radius 1 is 1.15 bits per heavy atom. The molecule has 2 N–H and O–H groups in total. The van der Waals surface area contributed by atoms with E-state index in [1.165, 1.54) is 4.31 Å². The first-order valence-electron chi connectivity index (χ1n) is 8.72. The Morgan fingerprint density at radius 2 is 1.92 bits per heavy atom. The number of fused-ring (bicyclic) bond motifs is 1. The molecule has 1 aliphatic rings. The average Bonchev–Trinajstić information content (AvgIpc) is 2.66. The van der Waals surface area contributed by atoms with Crippen LogP contribution in [0.15, 0.2) is 48.5 Å². The van der Waals surface area contributed by atoms with E-state index < -0.39 is 10.0 Å². The van der Waals surface area contributed by atoms with Gasteiger partial charge in [-0.2, -0.15) is 0 Å². The Labute approximate surface area is 154 Å². The summed E-state index contributed by atoms with van der Waals surface area (Å²) in [5.74, 6) is 0.0777. The molecule has 0 atom stereocenters. The maximum absolute atomic E-state index is 12.2. The summed E-state index contributed by atoms with van der Waals surface area (Å²) in [5, 5.41) is 5.63. The zero-order chi connectivity index (χ0) is 18.6. The number of nitrogens with one attached hydrogen (secondary N) is 2. The van der Waals surface area contributed by atoms with Gasteiger partial charge in [-0.1, -0.05) is 30.3 Å². The molecule has 0 spiro atoms. The van der Waals surface area contributed by atoms with Gasteiger partial charge >= 0.3 is 6.03 Å². The van der Waals surface area contributed by atoms with Gasteiger partial charge in [-0.15, -0.1) is 0 Å². The number of anilines is 2. The molecular formula is C19H23N3O3S. The van der Waals surface area contributed by atoms with Crippen molar-refractivity contribution < 1.29 is 13.2 Å². The van der Waals surface area contributed by atoms with Crippen LogP contribution in [0.2, 0.25) is 0 Å². The van der Waals surface area contributed by atoms with E-state index in [-0.39, 0.29) is 11.8 Å². The first-order chi connectivity index (χ1) is 12.5. The Morgan fingerprint density at radius 3 is 2.65 bits per heavy atom. The second-order valence-electron chi connectivity index (χ2n) is 6.21. The third-order valence-electron chi connectivity index (χ3n) is 4.41. The second-order valence-corrected chi connectivity index (χ2v) is 8.39. The Balaban J connectivity index is 1.68. The molecule has 0 saturated heterocycles. The van der Waals surface area contributed by atoms with Crippen molar-refractivity contribution >= 4 is 27.4 Å². The maximum atomic E-state index is 12.2. The van der Waals surface area contributed by atoms with Crippen molar-refractivity contribution in [1.82, 2.24) is 5.32 Å². The van der Waals surface area contributed by atoms with Crippen LogP contribution in [-0.4, -0.2) is 26.7 Å². The normalized spacial score (nSPS) is 13.8. The molecule has 138 valence electrons. The number of benzene rings is 2. The van der Waals surface area contributed by atoms with Crippen LogP contribution < -0.4 is 14.9 Å². The number of nitrogens with zero attached hydrogens (tertiary/aromatic N) is 1. The van der Waals surface area contributed by atoms with Gasteiger partial charge in [0, 0.05) is 18.8 Å². The van der Waals surface area contributed by atoms with Crippen LogP contribution in [0.1, 0.15) is 24.5 Å². The fourth-order valence-corrected chi connectivity index (χ4v) is 4.24. The lowest BCUT2D eigenvalue weighted by Crippen LogP contribution is -2.36. The molecule has 7 heteroatoms. The Hall–Kier alpha value is -2.54. The first-order valence-corrected chi connectivity index (χ1v) is 10.3. The lowest BCUT2D eigenvalue weighted by molar-refractivity contribution is 0.251. The highest BCUT2D eigenvalue weighted by Gasteiger charge is 2.26. The zero-order valence-electron chi connectivity index (χ0n) is 14.7. The van der Waals surface area contributed by atoms with E-state index >= 15 is 0 Å². The van der Waals surface area contributed by atoms with E-state index in [4.69, 9.17) is 0 Å². The molecule has 0 radical (unpaired) electrons. The van der Waals surface area contributed by atoms with Gasteiger partial charge in [0.05, 0.1) is 11.4 Å². The highest BCUT2D eigenvalue weighted by Crippen LogP contribution is 2.31. The lowest BCUT2D eigenvalue weighted by Gasteiger charge is -2.30. The molecule has 1 aliphatic heterocycles. The molecule has 2 aromatic rings. The van der Waals surface area contributed by atoms with Gasteiger partial charge in [-0.25, -0.2) is 13.2 Å². The van der Waals surface area contributed by atoms with E-state index in [9.17, 15) is 13.2 Å². The molecule has 1 heterocycles. The monoisotopic (exact) mass is 373 g/mol. The van der Waals surface area contributed by atoms with E-state index in [1.807, 2.05) is 36.4 Å². The highest BCUT2D eigenvalue weighted by molar-refractivity contribution is 7.92. The van der Waals surface area contributed by atoms with Crippen LogP contribution >= 0.6 is 0 Å². The molecule has 2 aromatic carbocycles. The van der Waals surface area contributed by atoms with Gasteiger partial charge < -0.3 is 10.6 Å². The maximum Gasteiger partial charge on any atom is 0.319 e. The standard InChI is InChI=1S/C19H23N3O3S/c1-2-26(24,25)22-12-6-9-16-13-17(10-11-18(16)22)21-19(23)20-14-15-7-4-3-5-8-15/h3-5,7-8,10-11,13H,2,6,9,12,14H2,1H3,(H2,20,21,23). The molecule has 0 unspecified atom stereocenters. The quantitative estimate of drug-likeness (QED) is 0.845. The number of carbonyl (C=O) groups excluding carboxylic acids is 1. The smallest absolute Gasteiger partial charge is 0.319 e. The van der Waals surface area contributed by atoms with Crippen LogP contribution in [0.25, 0.3) is 0 Å². The van der Waals surface area contributed by atoms with Gasteiger partial charge in [-0.3, -0.25) is 4.31 Å². The number of rotatable bonds is 5. The summed E-state index contributed by atoms with van der Waals surface area (Å²) in [6.07, 6.45) is 1.57. The number of carbonyl (C=O) groups is 1. The summed E-state index contributed by atoms with van der Waals surface area (Å²) in [6, 6.07) is 14.8. The van der Waals surface area contributed by atoms with Gasteiger partial charge in [0.1, 0.15) is 0 Å². The number of sulfonamides is 1. The molecule has 0 bridgehead atoms. The summed E-state index contributed by atoms with van der Waals surface area (Å²) in [6.45, 7) is 2.60. The fraction of sp³-hybridized carbons (Fsp3) is 0.316. The predicted molar refractivity (Wildman–Crippen MR) is 104 cm³/mol. The minimum absolute atomic E-state index is 0.0777. The van der Waals surface area contributed by atoms with Crippen molar-refractivity contribution in [2.24, 2.45) is 0 Å². The van der Waals surface area contributed by atoms with E-state index in [2.05, 4.69) is 10.6 Å². The van der Waals surface area contributed by atoms with Gasteiger partial charge in [-0.05, 0) is 49.1 Å². The largest absolute Gasteiger partial charge is 0.334 e. The van der Waals surface area contributed by atoms with Gasteiger partial charge in [0.15, 0.2) is 0 Å². The molecule has 0 fully saturated rings. The van der Waals surface area contributed by atoms with E-state index in [1.54, 1.807) is 19.1 Å². The summed E-state index contributed by atoms with van der Waals surface area (Å²) in [5.41, 5.74) is 3.33. The minimum Gasteiger partial charge on any atom is -0.334 e. The second kappa shape index (κ2) is 7.78. The molecular weight excluding hydrogens is 350 g/mol. The zero-order valence-corrected chi connectivity index (χ0v) is 15.6. The average molecular weight is 373 g/mol. The van der Waals surface area contributed by atoms with Gasteiger partial charge in [0.25, 0.3) is 0 Å². The predicted octanol–water partition coefficient (Wildman–Crippen LogP) is 3.11. The topological polar surface area (TPSA) is 78.5 Å². The number of hydrogen-bond acceptors (Lipinski definition) is 3. The summed E-state index contributed by atoms with van der Waals surface area (Å²) < 4.78 is 26.0. The van der Waals surface area contributed by atoms with Crippen molar-refractivity contribution in [2.45, 2.75) is 26.3 Å². The van der Waals surface area contributed by atoms with Crippen molar-refractivity contribution in [1.29, 1.82) is 0 Å². The van der Waals surface area contributed by atoms with Crippen LogP contribution in [0, 0.1) is 0 Å². The van der Waals surface area contributed by atoms with Gasteiger partial charge in [0.2, 0.25) is 10.0 Å². The van der Waals surface area contributed by atoms with Crippen LogP contribution in [0.4, 0.5) is 16.2 Å². The summed E-state index contributed by atoms with van der Waals surface area (Å²) >= 11 is 0. The molecule has 0 aromatic heterocycles. The number of hydrogen-bond donors (Lipinski definition) is 2. The Bertz CT molecular complexity index is 882. The molecule has 26 heavy (non-hydrogen) atoms.